The Morgan fingerprint density at radius 2 is 2.44 bits per heavy atom. The molecule has 0 amide bonds. The number of piperazine rings is 1. The van der Waals surface area contributed by atoms with E-state index in [-0.39, 0.29) is 0 Å². The zero-order valence-electron chi connectivity index (χ0n) is 11.2. The molecule has 0 aliphatic carbocycles. The lowest BCUT2D eigenvalue weighted by molar-refractivity contribution is 0.0559. The lowest BCUT2D eigenvalue weighted by Gasteiger charge is -2.31. The molecule has 2 rings (SSSR count). The van der Waals surface area contributed by atoms with E-state index in [0.29, 0.717) is 11.8 Å². The summed E-state index contributed by atoms with van der Waals surface area (Å²) in [5, 5.41) is 3.40. The van der Waals surface area contributed by atoms with E-state index < -0.39 is 5.97 Å². The standard InChI is InChI=1S/C13H20N2O3/c1-9-6-11(18-12(9)13(16)17-3)8-15-5-4-14-10(2)7-15/h6,10,14H,4-5,7-8H2,1-3H3/t10-/m1/s1. The van der Waals surface area contributed by atoms with Crippen LogP contribution < -0.4 is 5.32 Å². The average Bonchev–Trinajstić information content (AvgIpc) is 2.69. The summed E-state index contributed by atoms with van der Waals surface area (Å²) in [7, 11) is 1.36. The van der Waals surface area contributed by atoms with Crippen LogP contribution in [0.15, 0.2) is 10.5 Å². The summed E-state index contributed by atoms with van der Waals surface area (Å²) < 4.78 is 10.2. The van der Waals surface area contributed by atoms with Gasteiger partial charge in [0.05, 0.1) is 13.7 Å². The highest BCUT2D eigenvalue weighted by Crippen LogP contribution is 2.17. The van der Waals surface area contributed by atoms with Gasteiger partial charge in [0.2, 0.25) is 5.76 Å². The molecule has 0 aromatic carbocycles. The van der Waals surface area contributed by atoms with Crippen LogP contribution >= 0.6 is 0 Å². The maximum absolute atomic E-state index is 11.5. The number of carbonyl (C=O) groups excluding carboxylic acids is 1. The summed E-state index contributed by atoms with van der Waals surface area (Å²) in [6.07, 6.45) is 0. The fraction of sp³-hybridized carbons (Fsp3) is 0.615. The predicted molar refractivity (Wildman–Crippen MR) is 67.5 cm³/mol. The Morgan fingerprint density at radius 1 is 1.67 bits per heavy atom. The predicted octanol–water partition coefficient (Wildman–Crippen LogP) is 1.17. The minimum absolute atomic E-state index is 0.315. The molecule has 0 radical (unpaired) electrons. The molecule has 0 saturated carbocycles. The molecule has 0 bridgehead atoms. The number of hydrogen-bond acceptors (Lipinski definition) is 5. The van der Waals surface area contributed by atoms with Gasteiger partial charge in [0.15, 0.2) is 0 Å². The molecule has 1 aromatic rings. The molecule has 1 saturated heterocycles. The lowest BCUT2D eigenvalue weighted by Crippen LogP contribution is -2.48. The first-order chi connectivity index (χ1) is 8.60. The highest BCUT2D eigenvalue weighted by Gasteiger charge is 2.20. The van der Waals surface area contributed by atoms with Crippen LogP contribution in [0.3, 0.4) is 0 Å². The summed E-state index contributed by atoms with van der Waals surface area (Å²) in [5.74, 6) is 0.727. The van der Waals surface area contributed by atoms with Crippen LogP contribution in [0.1, 0.15) is 28.8 Å². The monoisotopic (exact) mass is 252 g/mol. The van der Waals surface area contributed by atoms with Gasteiger partial charge in [0.1, 0.15) is 5.76 Å². The Balaban J connectivity index is 2.03. The largest absolute Gasteiger partial charge is 0.463 e. The molecule has 100 valence electrons. The lowest BCUT2D eigenvalue weighted by atomic mass is 10.2. The Kier molecular flexibility index (Phi) is 4.04. The number of nitrogens with zero attached hydrogens (tertiary/aromatic N) is 1. The van der Waals surface area contributed by atoms with E-state index in [1.807, 2.05) is 13.0 Å². The summed E-state index contributed by atoms with van der Waals surface area (Å²) in [6, 6.07) is 2.41. The normalized spacial score (nSPS) is 20.9. The number of methoxy groups -OCH3 is 1. The topological polar surface area (TPSA) is 54.7 Å². The van der Waals surface area contributed by atoms with Crippen LogP contribution in [0.5, 0.6) is 0 Å². The molecule has 1 aliphatic rings. The fourth-order valence-electron chi connectivity index (χ4n) is 2.30. The van der Waals surface area contributed by atoms with Crippen molar-refractivity contribution in [2.45, 2.75) is 26.4 Å². The van der Waals surface area contributed by atoms with Crippen molar-refractivity contribution in [3.8, 4) is 0 Å². The summed E-state index contributed by atoms with van der Waals surface area (Å²) in [4.78, 5) is 13.8. The first-order valence-electron chi connectivity index (χ1n) is 6.23. The third-order valence-corrected chi connectivity index (χ3v) is 3.17. The maximum Gasteiger partial charge on any atom is 0.374 e. The van der Waals surface area contributed by atoms with Gasteiger partial charge < -0.3 is 14.5 Å². The summed E-state index contributed by atoms with van der Waals surface area (Å²) >= 11 is 0. The van der Waals surface area contributed by atoms with Crippen molar-refractivity contribution >= 4 is 5.97 Å². The van der Waals surface area contributed by atoms with Crippen molar-refractivity contribution in [2.24, 2.45) is 0 Å². The smallest absolute Gasteiger partial charge is 0.374 e. The zero-order valence-corrected chi connectivity index (χ0v) is 11.2. The highest BCUT2D eigenvalue weighted by atomic mass is 16.5. The van der Waals surface area contributed by atoms with Crippen molar-refractivity contribution in [1.82, 2.24) is 10.2 Å². The van der Waals surface area contributed by atoms with E-state index >= 15 is 0 Å². The average molecular weight is 252 g/mol. The maximum atomic E-state index is 11.5. The van der Waals surface area contributed by atoms with E-state index in [1.165, 1.54) is 7.11 Å². The number of carbonyl (C=O) groups is 1. The van der Waals surface area contributed by atoms with Crippen molar-refractivity contribution < 1.29 is 13.9 Å². The number of hydrogen-bond donors (Lipinski definition) is 1. The van der Waals surface area contributed by atoms with Crippen LogP contribution in [0, 0.1) is 6.92 Å². The molecule has 1 atom stereocenters. The number of aryl methyl sites for hydroxylation is 1. The second-order valence-corrected chi connectivity index (χ2v) is 4.81. The van der Waals surface area contributed by atoms with Crippen LogP contribution in [0.4, 0.5) is 0 Å². The Morgan fingerprint density at radius 3 is 3.11 bits per heavy atom. The van der Waals surface area contributed by atoms with Crippen molar-refractivity contribution in [3.05, 3.63) is 23.2 Å². The molecular formula is C13H20N2O3. The minimum Gasteiger partial charge on any atom is -0.463 e. The van der Waals surface area contributed by atoms with Crippen LogP contribution in [0.25, 0.3) is 0 Å². The molecule has 5 heteroatoms. The molecule has 1 N–H and O–H groups in total. The second kappa shape index (κ2) is 5.54. The molecule has 18 heavy (non-hydrogen) atoms. The van der Waals surface area contributed by atoms with Crippen LogP contribution in [-0.4, -0.2) is 43.7 Å². The van der Waals surface area contributed by atoms with Crippen molar-refractivity contribution in [3.63, 3.8) is 0 Å². The zero-order chi connectivity index (χ0) is 13.1. The molecule has 1 aliphatic heterocycles. The number of rotatable bonds is 3. The van der Waals surface area contributed by atoms with E-state index in [9.17, 15) is 4.79 Å². The highest BCUT2D eigenvalue weighted by molar-refractivity contribution is 5.87. The summed E-state index contributed by atoms with van der Waals surface area (Å²) in [6.45, 7) is 7.75. The third kappa shape index (κ3) is 2.91. The first kappa shape index (κ1) is 13.1. The van der Waals surface area contributed by atoms with Gasteiger partial charge in [-0.2, -0.15) is 0 Å². The second-order valence-electron chi connectivity index (χ2n) is 4.81. The molecule has 2 heterocycles. The fourth-order valence-corrected chi connectivity index (χ4v) is 2.30. The molecule has 5 nitrogen and oxygen atoms in total. The first-order valence-corrected chi connectivity index (χ1v) is 6.23. The number of esters is 1. The van der Waals surface area contributed by atoms with Crippen LogP contribution in [0.2, 0.25) is 0 Å². The summed E-state index contributed by atoms with van der Waals surface area (Å²) in [5.41, 5.74) is 0.833. The van der Waals surface area contributed by atoms with Gasteiger partial charge in [-0.25, -0.2) is 4.79 Å². The van der Waals surface area contributed by atoms with Gasteiger partial charge in [-0.1, -0.05) is 0 Å². The molecule has 0 spiro atoms. The van der Waals surface area contributed by atoms with Crippen LogP contribution in [-0.2, 0) is 11.3 Å². The molecule has 0 unspecified atom stereocenters. The minimum atomic E-state index is -0.410. The van der Waals surface area contributed by atoms with Gasteiger partial charge >= 0.3 is 5.97 Å². The van der Waals surface area contributed by atoms with Gasteiger partial charge in [-0.05, 0) is 19.9 Å². The van der Waals surface area contributed by atoms with E-state index in [2.05, 4.69) is 21.9 Å². The Labute approximate surface area is 107 Å². The Hall–Kier alpha value is -1.33. The van der Waals surface area contributed by atoms with Gasteiger partial charge in [0, 0.05) is 31.2 Å². The van der Waals surface area contributed by atoms with E-state index in [4.69, 9.17) is 4.42 Å². The number of ether oxygens (including phenoxy) is 1. The number of furan rings is 1. The van der Waals surface area contributed by atoms with Gasteiger partial charge in [-0.15, -0.1) is 0 Å². The van der Waals surface area contributed by atoms with E-state index in [0.717, 1.165) is 37.5 Å². The quantitative estimate of drug-likeness (QED) is 0.818. The Bertz CT molecular complexity index is 428. The van der Waals surface area contributed by atoms with E-state index in [1.54, 1.807) is 0 Å². The molecular weight excluding hydrogens is 232 g/mol. The molecule has 1 aromatic heterocycles. The number of nitrogens with one attached hydrogen (secondary N) is 1. The van der Waals surface area contributed by atoms with Crippen molar-refractivity contribution in [2.75, 3.05) is 26.7 Å². The molecule has 1 fully saturated rings. The van der Waals surface area contributed by atoms with Crippen molar-refractivity contribution in [1.29, 1.82) is 0 Å². The SMILES string of the molecule is COC(=O)c1oc(CN2CCN[C@H](C)C2)cc1C. The van der Waals surface area contributed by atoms with Gasteiger partial charge in [-0.3, -0.25) is 4.90 Å². The third-order valence-electron chi connectivity index (χ3n) is 3.17. The van der Waals surface area contributed by atoms with Gasteiger partial charge in [0.25, 0.3) is 0 Å².